The van der Waals surface area contributed by atoms with Crippen LogP contribution >= 0.6 is 0 Å². The van der Waals surface area contributed by atoms with Gasteiger partial charge in [0, 0.05) is 5.39 Å². The van der Waals surface area contributed by atoms with Crippen LogP contribution in [0.4, 0.5) is 11.4 Å². The fraction of sp³-hybridized carbons (Fsp3) is 0.0588. The highest BCUT2D eigenvalue weighted by Crippen LogP contribution is 2.44. The molecule has 0 spiro atoms. The van der Waals surface area contributed by atoms with Crippen LogP contribution in [0.2, 0.25) is 0 Å². The molecule has 0 unspecified atom stereocenters. The summed E-state index contributed by atoms with van der Waals surface area (Å²) in [6.07, 6.45) is 0. The molecule has 0 radical (unpaired) electrons. The molecule has 0 fully saturated rings. The normalized spacial score (nSPS) is 12.5. The zero-order valence-electron chi connectivity index (χ0n) is 14.7. The number of hydrogen-bond acceptors (Lipinski definition) is 8. The molecule has 0 saturated heterocycles. The number of ether oxygens (including phenoxy) is 1. The minimum Gasteiger partial charge on any atom is -0.505 e. The van der Waals surface area contributed by atoms with E-state index in [0.717, 1.165) is 12.1 Å². The zero-order chi connectivity index (χ0) is 21.4. The maximum Gasteiger partial charge on any atom is 0.296 e. The first kappa shape index (κ1) is 20.7. The largest absolute Gasteiger partial charge is 0.505 e. The molecule has 12 heteroatoms. The summed E-state index contributed by atoms with van der Waals surface area (Å²) in [4.78, 5) is -1.46. The lowest BCUT2D eigenvalue weighted by atomic mass is 10.1. The van der Waals surface area contributed by atoms with Gasteiger partial charge in [0.25, 0.3) is 20.2 Å². The summed E-state index contributed by atoms with van der Waals surface area (Å²) < 4.78 is 71.0. The van der Waals surface area contributed by atoms with E-state index in [1.54, 1.807) is 18.2 Å². The molecule has 0 aliphatic heterocycles. The van der Waals surface area contributed by atoms with E-state index < -0.39 is 41.5 Å². The molecule has 0 aliphatic carbocycles. The van der Waals surface area contributed by atoms with Gasteiger partial charge in [-0.2, -0.15) is 16.8 Å². The van der Waals surface area contributed by atoms with Gasteiger partial charge in [0.2, 0.25) is 0 Å². The predicted octanol–water partition coefficient (Wildman–Crippen LogP) is 3.46. The SMILES string of the molecule is COc1ccccc1N=Nc1c(S(=O)(=O)O)cc2cccc(S(=O)(=O)O)c2c1O. The van der Waals surface area contributed by atoms with Crippen LogP contribution in [0.25, 0.3) is 10.8 Å². The fourth-order valence-electron chi connectivity index (χ4n) is 2.69. The number of hydrogen-bond donors (Lipinski definition) is 3. The number of phenolic OH excluding ortho intramolecular Hbond substituents is 1. The van der Waals surface area contributed by atoms with Crippen LogP contribution in [0, 0.1) is 0 Å². The molecule has 0 aromatic heterocycles. The third kappa shape index (κ3) is 4.05. The van der Waals surface area contributed by atoms with Crippen molar-refractivity contribution in [3.8, 4) is 11.5 Å². The summed E-state index contributed by atoms with van der Waals surface area (Å²) in [5.41, 5.74) is -0.527. The Bertz CT molecular complexity index is 1350. The van der Waals surface area contributed by atoms with Gasteiger partial charge in [-0.05, 0) is 29.7 Å². The van der Waals surface area contributed by atoms with Gasteiger partial charge < -0.3 is 9.84 Å². The maximum absolute atomic E-state index is 11.8. The number of para-hydroxylation sites is 1. The van der Waals surface area contributed by atoms with E-state index in [1.807, 2.05) is 0 Å². The van der Waals surface area contributed by atoms with Crippen LogP contribution in [-0.2, 0) is 20.2 Å². The Morgan fingerprint density at radius 2 is 1.52 bits per heavy atom. The lowest BCUT2D eigenvalue weighted by Crippen LogP contribution is -2.02. The van der Waals surface area contributed by atoms with Crippen LogP contribution in [-0.4, -0.2) is 38.2 Å². The third-order valence-corrected chi connectivity index (χ3v) is 5.70. The Morgan fingerprint density at radius 3 is 2.14 bits per heavy atom. The number of aromatic hydroxyl groups is 1. The summed E-state index contributed by atoms with van der Waals surface area (Å²) in [6, 6.07) is 10.8. The second-order valence-electron chi connectivity index (χ2n) is 5.75. The van der Waals surface area contributed by atoms with Gasteiger partial charge >= 0.3 is 0 Å². The summed E-state index contributed by atoms with van der Waals surface area (Å²) in [5.74, 6) is -0.606. The molecule has 0 saturated carbocycles. The average Bonchev–Trinajstić information content (AvgIpc) is 2.65. The second-order valence-corrected chi connectivity index (χ2v) is 8.53. The van der Waals surface area contributed by atoms with Crippen molar-refractivity contribution in [2.75, 3.05) is 7.11 Å². The molecule has 0 amide bonds. The number of rotatable bonds is 5. The first-order valence-corrected chi connectivity index (χ1v) is 10.7. The highest BCUT2D eigenvalue weighted by molar-refractivity contribution is 7.86. The minimum atomic E-state index is -4.87. The molecule has 0 heterocycles. The van der Waals surface area contributed by atoms with Gasteiger partial charge in [-0.3, -0.25) is 9.11 Å². The monoisotopic (exact) mass is 438 g/mol. The van der Waals surface area contributed by atoms with Crippen molar-refractivity contribution in [3.63, 3.8) is 0 Å². The third-order valence-electron chi connectivity index (χ3n) is 3.94. The van der Waals surface area contributed by atoms with E-state index in [1.165, 1.54) is 25.3 Å². The van der Waals surface area contributed by atoms with Gasteiger partial charge in [0.05, 0.1) is 7.11 Å². The predicted molar refractivity (Wildman–Crippen MR) is 102 cm³/mol. The molecule has 3 aromatic rings. The van der Waals surface area contributed by atoms with Crippen molar-refractivity contribution in [3.05, 3.63) is 48.5 Å². The summed E-state index contributed by atoms with van der Waals surface area (Å²) in [7, 11) is -8.25. The maximum atomic E-state index is 11.8. The lowest BCUT2D eigenvalue weighted by Gasteiger charge is -2.11. The number of benzene rings is 3. The van der Waals surface area contributed by atoms with Crippen molar-refractivity contribution >= 4 is 42.4 Å². The van der Waals surface area contributed by atoms with Crippen LogP contribution < -0.4 is 4.74 Å². The molecule has 29 heavy (non-hydrogen) atoms. The van der Waals surface area contributed by atoms with Gasteiger partial charge in [0.15, 0.2) is 5.75 Å². The van der Waals surface area contributed by atoms with Crippen LogP contribution in [0.3, 0.4) is 0 Å². The van der Waals surface area contributed by atoms with E-state index in [4.69, 9.17) is 4.74 Å². The molecule has 0 atom stereocenters. The first-order chi connectivity index (χ1) is 13.5. The van der Waals surface area contributed by atoms with Crippen molar-refractivity contribution < 1.29 is 35.8 Å². The van der Waals surface area contributed by atoms with Crippen molar-refractivity contribution in [2.24, 2.45) is 10.2 Å². The molecule has 3 rings (SSSR count). The Morgan fingerprint density at radius 1 is 0.862 bits per heavy atom. The second kappa shape index (κ2) is 7.40. The minimum absolute atomic E-state index is 0.0681. The van der Waals surface area contributed by atoms with Gasteiger partial charge in [-0.15, -0.1) is 10.2 Å². The Labute approximate surface area is 165 Å². The fourth-order valence-corrected chi connectivity index (χ4v) is 4.07. The summed E-state index contributed by atoms with van der Waals surface area (Å²) in [6.45, 7) is 0. The number of azo groups is 1. The van der Waals surface area contributed by atoms with Crippen molar-refractivity contribution in [1.82, 2.24) is 0 Å². The van der Waals surface area contributed by atoms with Crippen LogP contribution in [0.1, 0.15) is 0 Å². The summed E-state index contributed by atoms with van der Waals surface area (Å²) >= 11 is 0. The van der Waals surface area contributed by atoms with Crippen molar-refractivity contribution in [1.29, 1.82) is 0 Å². The van der Waals surface area contributed by atoms with Gasteiger partial charge in [-0.1, -0.05) is 24.3 Å². The number of phenols is 1. The molecule has 3 aromatic carbocycles. The van der Waals surface area contributed by atoms with E-state index in [9.17, 15) is 31.0 Å². The lowest BCUT2D eigenvalue weighted by molar-refractivity contribution is 0.416. The molecule has 152 valence electrons. The van der Waals surface area contributed by atoms with E-state index in [-0.39, 0.29) is 16.5 Å². The number of methoxy groups -OCH3 is 1. The van der Waals surface area contributed by atoms with E-state index in [2.05, 4.69) is 10.2 Å². The Hall–Kier alpha value is -3.06. The van der Waals surface area contributed by atoms with E-state index >= 15 is 0 Å². The number of nitrogens with zero attached hydrogens (tertiary/aromatic N) is 2. The Kier molecular flexibility index (Phi) is 5.28. The summed E-state index contributed by atoms with van der Waals surface area (Å²) in [5, 5.41) is 17.7. The molecular formula is C17H14N2O8S2. The first-order valence-electron chi connectivity index (χ1n) is 7.82. The molecule has 0 bridgehead atoms. The topological polar surface area (TPSA) is 163 Å². The van der Waals surface area contributed by atoms with Gasteiger partial charge in [-0.25, -0.2) is 0 Å². The van der Waals surface area contributed by atoms with E-state index in [0.29, 0.717) is 5.75 Å². The van der Waals surface area contributed by atoms with Crippen molar-refractivity contribution in [2.45, 2.75) is 9.79 Å². The smallest absolute Gasteiger partial charge is 0.296 e. The molecule has 0 aliphatic rings. The molecule has 3 N–H and O–H groups in total. The highest BCUT2D eigenvalue weighted by atomic mass is 32.2. The van der Waals surface area contributed by atoms with Gasteiger partial charge in [0.1, 0.15) is 26.9 Å². The van der Waals surface area contributed by atoms with Crippen LogP contribution in [0.15, 0.2) is 68.6 Å². The highest BCUT2D eigenvalue weighted by Gasteiger charge is 2.26. The molecular weight excluding hydrogens is 424 g/mol. The zero-order valence-corrected chi connectivity index (χ0v) is 16.3. The number of fused-ring (bicyclic) bond motifs is 1. The standard InChI is InChI=1S/C17H14N2O8S2/c1-27-12-7-3-2-6-11(12)18-19-16-14(29(24,25)26)9-10-5-4-8-13(28(21,22)23)15(10)17(16)20/h2-9,20H,1H3,(H,21,22,23)(H,24,25,26). The molecule has 10 nitrogen and oxygen atoms in total. The van der Waals surface area contributed by atoms with Crippen LogP contribution in [0.5, 0.6) is 11.5 Å². The Balaban J connectivity index is 2.38. The quantitative estimate of drug-likeness (QED) is 0.403. The average molecular weight is 438 g/mol.